The van der Waals surface area contributed by atoms with Crippen molar-refractivity contribution in [3.63, 3.8) is 0 Å². The van der Waals surface area contributed by atoms with E-state index in [0.717, 1.165) is 37.9 Å². The van der Waals surface area contributed by atoms with Gasteiger partial charge in [-0.05, 0) is 59.2 Å². The van der Waals surface area contributed by atoms with E-state index in [4.69, 9.17) is 9.47 Å². The van der Waals surface area contributed by atoms with Crippen molar-refractivity contribution >= 4 is 10.8 Å². The highest BCUT2D eigenvalue weighted by Crippen LogP contribution is 2.23. The van der Waals surface area contributed by atoms with Crippen LogP contribution in [0.3, 0.4) is 0 Å². The SMILES string of the molecule is CCCCC(OCCc1cccc2ccccc12)Oc1ccc(C(C)CC)cc1. The lowest BCUT2D eigenvalue weighted by Gasteiger charge is -2.20. The van der Waals surface area contributed by atoms with E-state index in [1.165, 1.54) is 21.9 Å². The summed E-state index contributed by atoms with van der Waals surface area (Å²) in [4.78, 5) is 0. The molecule has 3 rings (SSSR count). The Kier molecular flexibility index (Phi) is 8.13. The van der Waals surface area contributed by atoms with Gasteiger partial charge >= 0.3 is 0 Å². The molecule has 2 heteroatoms. The van der Waals surface area contributed by atoms with E-state index < -0.39 is 0 Å². The van der Waals surface area contributed by atoms with E-state index in [9.17, 15) is 0 Å². The van der Waals surface area contributed by atoms with Crippen molar-refractivity contribution in [1.29, 1.82) is 0 Å². The second-order valence-corrected chi connectivity index (χ2v) is 7.83. The van der Waals surface area contributed by atoms with Gasteiger partial charge < -0.3 is 9.47 Å². The van der Waals surface area contributed by atoms with E-state index in [-0.39, 0.29) is 6.29 Å². The number of fused-ring (bicyclic) bond motifs is 1. The van der Waals surface area contributed by atoms with Gasteiger partial charge in [-0.25, -0.2) is 0 Å². The summed E-state index contributed by atoms with van der Waals surface area (Å²) in [6.07, 6.45) is 5.00. The molecule has 154 valence electrons. The number of hydrogen-bond donors (Lipinski definition) is 0. The zero-order valence-electron chi connectivity index (χ0n) is 18.1. The van der Waals surface area contributed by atoms with Crippen molar-refractivity contribution < 1.29 is 9.47 Å². The van der Waals surface area contributed by atoms with Gasteiger partial charge in [0.15, 0.2) is 6.29 Å². The number of ether oxygens (including phenoxy) is 2. The van der Waals surface area contributed by atoms with Gasteiger partial charge in [0.2, 0.25) is 0 Å². The van der Waals surface area contributed by atoms with E-state index in [0.29, 0.717) is 12.5 Å². The van der Waals surface area contributed by atoms with Crippen LogP contribution in [0, 0.1) is 0 Å². The Hall–Kier alpha value is -2.32. The fraction of sp³-hybridized carbons (Fsp3) is 0.407. The van der Waals surface area contributed by atoms with Gasteiger partial charge in [0.1, 0.15) is 5.75 Å². The normalized spacial score (nSPS) is 13.3. The summed E-state index contributed by atoms with van der Waals surface area (Å²) in [5.41, 5.74) is 2.69. The predicted molar refractivity (Wildman–Crippen MR) is 123 cm³/mol. The van der Waals surface area contributed by atoms with Gasteiger partial charge in [0.05, 0.1) is 6.61 Å². The lowest BCUT2D eigenvalue weighted by molar-refractivity contribution is -0.0842. The first kappa shape index (κ1) is 21.4. The van der Waals surface area contributed by atoms with E-state index >= 15 is 0 Å². The Balaban J connectivity index is 1.60. The topological polar surface area (TPSA) is 18.5 Å². The molecule has 3 aromatic carbocycles. The van der Waals surface area contributed by atoms with Gasteiger partial charge in [-0.2, -0.15) is 0 Å². The third kappa shape index (κ3) is 6.08. The molecule has 0 aliphatic carbocycles. The first-order valence-electron chi connectivity index (χ1n) is 11.1. The second-order valence-electron chi connectivity index (χ2n) is 7.83. The molecule has 0 aliphatic rings. The summed E-state index contributed by atoms with van der Waals surface area (Å²) in [7, 11) is 0. The van der Waals surface area contributed by atoms with Gasteiger partial charge in [0.25, 0.3) is 0 Å². The molecule has 0 spiro atoms. The molecule has 3 aromatic rings. The number of unbranched alkanes of at least 4 members (excludes halogenated alkanes) is 1. The maximum atomic E-state index is 6.19. The van der Waals surface area contributed by atoms with Crippen molar-refractivity contribution in [2.45, 2.75) is 65.1 Å². The minimum Gasteiger partial charge on any atom is -0.465 e. The fourth-order valence-electron chi connectivity index (χ4n) is 3.62. The van der Waals surface area contributed by atoms with Crippen molar-refractivity contribution in [3.05, 3.63) is 77.9 Å². The van der Waals surface area contributed by atoms with Crippen LogP contribution in [0.1, 0.15) is 63.5 Å². The molecule has 0 saturated carbocycles. The molecule has 0 aromatic heterocycles. The molecule has 29 heavy (non-hydrogen) atoms. The Labute approximate surface area is 175 Å². The molecule has 0 aliphatic heterocycles. The highest BCUT2D eigenvalue weighted by Gasteiger charge is 2.12. The van der Waals surface area contributed by atoms with Crippen molar-refractivity contribution in [2.75, 3.05) is 6.61 Å². The van der Waals surface area contributed by atoms with Crippen molar-refractivity contribution in [1.82, 2.24) is 0 Å². The predicted octanol–water partition coefficient (Wildman–Crippen LogP) is 7.51. The van der Waals surface area contributed by atoms with Crippen LogP contribution in [-0.2, 0) is 11.2 Å². The number of rotatable bonds is 11. The second kappa shape index (κ2) is 11.0. The molecule has 0 radical (unpaired) electrons. The van der Waals surface area contributed by atoms with Crippen molar-refractivity contribution in [3.8, 4) is 5.75 Å². The van der Waals surface area contributed by atoms with Gasteiger partial charge in [-0.15, -0.1) is 0 Å². The smallest absolute Gasteiger partial charge is 0.199 e. The zero-order chi connectivity index (χ0) is 20.5. The van der Waals surface area contributed by atoms with Crippen LogP contribution in [0.5, 0.6) is 5.75 Å². The van der Waals surface area contributed by atoms with Crippen LogP contribution < -0.4 is 4.74 Å². The Bertz CT molecular complexity index is 864. The molecule has 0 amide bonds. The summed E-state index contributed by atoms with van der Waals surface area (Å²) in [5.74, 6) is 1.47. The summed E-state index contributed by atoms with van der Waals surface area (Å²) in [5, 5.41) is 2.59. The molecule has 0 saturated heterocycles. The zero-order valence-corrected chi connectivity index (χ0v) is 18.1. The third-order valence-electron chi connectivity index (χ3n) is 5.68. The molecular weight excluding hydrogens is 356 g/mol. The summed E-state index contributed by atoms with van der Waals surface area (Å²) < 4.78 is 12.4. The largest absolute Gasteiger partial charge is 0.465 e. The highest BCUT2D eigenvalue weighted by atomic mass is 16.7. The maximum Gasteiger partial charge on any atom is 0.199 e. The Morgan fingerprint density at radius 3 is 2.38 bits per heavy atom. The monoisotopic (exact) mass is 390 g/mol. The standard InChI is InChI=1S/C27H34O2/c1-4-6-14-27(29-25-17-15-22(16-18-25)21(3)5-2)28-20-19-24-12-9-11-23-10-7-8-13-26(23)24/h7-13,15-18,21,27H,4-6,14,19-20H2,1-3H3. The van der Waals surface area contributed by atoms with Crippen LogP contribution >= 0.6 is 0 Å². The van der Waals surface area contributed by atoms with Crippen LogP contribution in [0.4, 0.5) is 0 Å². The van der Waals surface area contributed by atoms with Gasteiger partial charge in [-0.3, -0.25) is 0 Å². The summed E-state index contributed by atoms with van der Waals surface area (Å²) in [6.45, 7) is 7.34. The van der Waals surface area contributed by atoms with Crippen LogP contribution in [0.15, 0.2) is 66.7 Å². The summed E-state index contributed by atoms with van der Waals surface area (Å²) >= 11 is 0. The molecule has 0 N–H and O–H groups in total. The molecule has 2 unspecified atom stereocenters. The van der Waals surface area contributed by atoms with Gasteiger partial charge in [0, 0.05) is 6.42 Å². The molecular formula is C27H34O2. The molecule has 0 fully saturated rings. The third-order valence-corrected chi connectivity index (χ3v) is 5.68. The number of hydrogen-bond acceptors (Lipinski definition) is 2. The number of benzene rings is 3. The minimum atomic E-state index is -0.195. The lowest BCUT2D eigenvalue weighted by Crippen LogP contribution is -2.22. The van der Waals surface area contributed by atoms with Crippen molar-refractivity contribution in [2.24, 2.45) is 0 Å². The van der Waals surface area contributed by atoms with Gasteiger partial charge in [-0.1, -0.05) is 81.8 Å². The average Bonchev–Trinajstić information content (AvgIpc) is 2.77. The molecule has 2 atom stereocenters. The Morgan fingerprint density at radius 1 is 0.862 bits per heavy atom. The highest BCUT2D eigenvalue weighted by molar-refractivity contribution is 5.85. The lowest BCUT2D eigenvalue weighted by atomic mass is 9.99. The van der Waals surface area contributed by atoms with E-state index in [1.54, 1.807) is 0 Å². The van der Waals surface area contributed by atoms with Crippen LogP contribution in [0.25, 0.3) is 10.8 Å². The average molecular weight is 391 g/mol. The maximum absolute atomic E-state index is 6.19. The first-order chi connectivity index (χ1) is 14.2. The minimum absolute atomic E-state index is 0.195. The van der Waals surface area contributed by atoms with Crippen LogP contribution in [0.2, 0.25) is 0 Å². The first-order valence-corrected chi connectivity index (χ1v) is 11.1. The molecule has 0 heterocycles. The molecule has 2 nitrogen and oxygen atoms in total. The van der Waals surface area contributed by atoms with Crippen LogP contribution in [-0.4, -0.2) is 12.9 Å². The Morgan fingerprint density at radius 2 is 1.62 bits per heavy atom. The molecule has 0 bridgehead atoms. The van der Waals surface area contributed by atoms with E-state index in [2.05, 4.69) is 87.5 Å². The summed E-state index contributed by atoms with van der Waals surface area (Å²) in [6, 6.07) is 23.5. The van der Waals surface area contributed by atoms with E-state index in [1.807, 2.05) is 0 Å². The fourth-order valence-corrected chi connectivity index (χ4v) is 3.62. The quantitative estimate of drug-likeness (QED) is 0.315.